The van der Waals surface area contributed by atoms with Gasteiger partial charge in [0.25, 0.3) is 0 Å². The first-order chi connectivity index (χ1) is 11.2. The number of hydrogen-bond donors (Lipinski definition) is 1. The van der Waals surface area contributed by atoms with Crippen molar-refractivity contribution in [3.63, 3.8) is 0 Å². The van der Waals surface area contributed by atoms with Crippen molar-refractivity contribution in [2.45, 2.75) is 13.5 Å². The predicted octanol–water partition coefficient (Wildman–Crippen LogP) is 1.42. The summed E-state index contributed by atoms with van der Waals surface area (Å²) in [6.45, 7) is 10.1. The number of nitrogens with zero attached hydrogens (tertiary/aromatic N) is 3. The lowest BCUT2D eigenvalue weighted by atomic mass is 9.89. The Morgan fingerprint density at radius 1 is 1.17 bits per heavy atom. The summed E-state index contributed by atoms with van der Waals surface area (Å²) in [5.41, 5.74) is 1.66. The van der Waals surface area contributed by atoms with Crippen LogP contribution in [0.25, 0.3) is 0 Å². The highest BCUT2D eigenvalue weighted by Gasteiger charge is 2.33. The summed E-state index contributed by atoms with van der Waals surface area (Å²) in [4.78, 5) is 9.33. The van der Waals surface area contributed by atoms with Gasteiger partial charge in [0.15, 0.2) is 5.96 Å². The van der Waals surface area contributed by atoms with E-state index in [1.165, 1.54) is 5.56 Å². The molecule has 5 heteroatoms. The highest BCUT2D eigenvalue weighted by molar-refractivity contribution is 5.80. The third kappa shape index (κ3) is 4.24. The molecule has 0 saturated carbocycles. The van der Waals surface area contributed by atoms with Crippen LogP contribution in [0.3, 0.4) is 0 Å². The maximum Gasteiger partial charge on any atom is 0.193 e. The van der Waals surface area contributed by atoms with Crippen LogP contribution in [0.5, 0.6) is 0 Å². The number of hydrogen-bond acceptors (Lipinski definition) is 3. The number of benzene rings is 1. The van der Waals surface area contributed by atoms with Crippen molar-refractivity contribution < 1.29 is 4.74 Å². The molecule has 2 aliphatic heterocycles. The minimum atomic E-state index is 0.269. The van der Waals surface area contributed by atoms with E-state index < -0.39 is 0 Å². The highest BCUT2D eigenvalue weighted by atomic mass is 16.5. The first kappa shape index (κ1) is 16.3. The first-order valence-electron chi connectivity index (χ1n) is 8.48. The van der Waals surface area contributed by atoms with Crippen molar-refractivity contribution in [3.8, 4) is 0 Å². The average Bonchev–Trinajstić information content (AvgIpc) is 2.56. The zero-order valence-corrected chi connectivity index (χ0v) is 14.3. The lowest BCUT2D eigenvalue weighted by molar-refractivity contribution is -0.0973. The van der Waals surface area contributed by atoms with Crippen molar-refractivity contribution in [2.24, 2.45) is 10.4 Å². The molecule has 1 aromatic carbocycles. The Bertz CT molecular complexity index is 519. The van der Waals surface area contributed by atoms with Crippen LogP contribution in [0.4, 0.5) is 0 Å². The van der Waals surface area contributed by atoms with E-state index in [2.05, 4.69) is 57.4 Å². The minimum absolute atomic E-state index is 0.269. The van der Waals surface area contributed by atoms with Gasteiger partial charge in [-0.2, -0.15) is 0 Å². The largest absolute Gasteiger partial charge is 0.380 e. The van der Waals surface area contributed by atoms with E-state index in [1.807, 2.05) is 7.05 Å². The standard InChI is InChI=1S/C18H28N4O/c1-18(14-23-15-18)13-20-17(19-2)22-10-8-21(9-11-22)12-16-6-4-3-5-7-16/h3-7H,8-15H2,1-2H3,(H,19,20). The Balaban J connectivity index is 1.45. The second kappa shape index (κ2) is 7.32. The topological polar surface area (TPSA) is 40.1 Å². The second-order valence-electron chi connectivity index (χ2n) is 6.95. The monoisotopic (exact) mass is 316 g/mol. The molecule has 0 atom stereocenters. The second-order valence-corrected chi connectivity index (χ2v) is 6.95. The van der Waals surface area contributed by atoms with E-state index >= 15 is 0 Å². The van der Waals surface area contributed by atoms with Crippen LogP contribution in [-0.2, 0) is 11.3 Å². The molecule has 5 nitrogen and oxygen atoms in total. The van der Waals surface area contributed by atoms with Crippen molar-refractivity contribution in [1.29, 1.82) is 0 Å². The molecule has 1 N–H and O–H groups in total. The Morgan fingerprint density at radius 2 is 1.87 bits per heavy atom. The van der Waals surface area contributed by atoms with E-state index in [0.29, 0.717) is 0 Å². The van der Waals surface area contributed by atoms with Crippen molar-refractivity contribution in [1.82, 2.24) is 15.1 Å². The quantitative estimate of drug-likeness (QED) is 0.674. The number of nitrogens with one attached hydrogen (secondary N) is 1. The van der Waals surface area contributed by atoms with Crippen LogP contribution in [0.1, 0.15) is 12.5 Å². The van der Waals surface area contributed by atoms with Crippen LogP contribution in [0.15, 0.2) is 35.3 Å². The molecule has 0 amide bonds. The zero-order chi connectivity index (χ0) is 16.1. The van der Waals surface area contributed by atoms with Gasteiger partial charge in [0, 0.05) is 51.7 Å². The SMILES string of the molecule is CN=C(NCC1(C)COC1)N1CCN(Cc2ccccc2)CC1. The summed E-state index contributed by atoms with van der Waals surface area (Å²) in [6, 6.07) is 10.7. The Morgan fingerprint density at radius 3 is 2.43 bits per heavy atom. The molecule has 0 spiro atoms. The smallest absolute Gasteiger partial charge is 0.193 e. The van der Waals surface area contributed by atoms with Gasteiger partial charge in [0.05, 0.1) is 13.2 Å². The van der Waals surface area contributed by atoms with Gasteiger partial charge in [-0.05, 0) is 5.56 Å². The molecule has 0 bridgehead atoms. The summed E-state index contributed by atoms with van der Waals surface area (Å²) in [5.74, 6) is 1.03. The van der Waals surface area contributed by atoms with E-state index in [1.54, 1.807) is 0 Å². The normalized spacial score (nSPS) is 21.8. The minimum Gasteiger partial charge on any atom is -0.380 e. The van der Waals surface area contributed by atoms with Gasteiger partial charge in [-0.15, -0.1) is 0 Å². The van der Waals surface area contributed by atoms with Crippen LogP contribution in [-0.4, -0.2) is 68.7 Å². The lowest BCUT2D eigenvalue weighted by Crippen LogP contribution is -2.55. The summed E-state index contributed by atoms with van der Waals surface area (Å²) >= 11 is 0. The first-order valence-corrected chi connectivity index (χ1v) is 8.48. The van der Waals surface area contributed by atoms with Crippen molar-refractivity contribution >= 4 is 5.96 Å². The van der Waals surface area contributed by atoms with E-state index in [-0.39, 0.29) is 5.41 Å². The molecule has 0 aliphatic carbocycles. The molecule has 0 unspecified atom stereocenters. The lowest BCUT2D eigenvalue weighted by Gasteiger charge is -2.41. The molecule has 2 saturated heterocycles. The third-order valence-electron chi connectivity index (χ3n) is 4.71. The van der Waals surface area contributed by atoms with E-state index in [4.69, 9.17) is 4.74 Å². The maximum absolute atomic E-state index is 5.32. The Labute approximate surface area is 139 Å². The molecule has 2 aliphatic rings. The molecule has 23 heavy (non-hydrogen) atoms. The maximum atomic E-state index is 5.32. The molecular weight excluding hydrogens is 288 g/mol. The van der Waals surface area contributed by atoms with Gasteiger partial charge in [-0.25, -0.2) is 0 Å². The number of piperazine rings is 1. The zero-order valence-electron chi connectivity index (χ0n) is 14.3. The fourth-order valence-corrected chi connectivity index (χ4v) is 3.14. The summed E-state index contributed by atoms with van der Waals surface area (Å²) in [5, 5.41) is 3.52. The summed E-state index contributed by atoms with van der Waals surface area (Å²) < 4.78 is 5.32. The van der Waals surface area contributed by atoms with Gasteiger partial charge >= 0.3 is 0 Å². The molecule has 2 fully saturated rings. The van der Waals surface area contributed by atoms with Gasteiger partial charge in [0.2, 0.25) is 0 Å². The molecule has 1 aromatic rings. The van der Waals surface area contributed by atoms with Crippen LogP contribution in [0.2, 0.25) is 0 Å². The molecule has 3 rings (SSSR count). The molecule has 2 heterocycles. The molecule has 0 aromatic heterocycles. The van der Waals surface area contributed by atoms with Gasteiger partial charge in [0.1, 0.15) is 0 Å². The third-order valence-corrected chi connectivity index (χ3v) is 4.71. The van der Waals surface area contributed by atoms with Crippen molar-refractivity contribution in [2.75, 3.05) is 53.0 Å². The van der Waals surface area contributed by atoms with Gasteiger partial charge < -0.3 is 15.0 Å². The fourth-order valence-electron chi connectivity index (χ4n) is 3.14. The summed E-state index contributed by atoms with van der Waals surface area (Å²) in [7, 11) is 1.87. The Hall–Kier alpha value is -1.59. The molecule has 126 valence electrons. The number of aliphatic imine (C=N–C) groups is 1. The van der Waals surface area contributed by atoms with Crippen molar-refractivity contribution in [3.05, 3.63) is 35.9 Å². The van der Waals surface area contributed by atoms with E-state index in [0.717, 1.165) is 58.4 Å². The average molecular weight is 316 g/mol. The van der Waals surface area contributed by atoms with Crippen LogP contribution < -0.4 is 5.32 Å². The molecule has 0 radical (unpaired) electrons. The molecular formula is C18H28N4O. The number of guanidine groups is 1. The summed E-state index contributed by atoms with van der Waals surface area (Å²) in [6.07, 6.45) is 0. The fraction of sp³-hybridized carbons (Fsp3) is 0.611. The number of ether oxygens (including phenoxy) is 1. The van der Waals surface area contributed by atoms with Gasteiger partial charge in [-0.1, -0.05) is 37.3 Å². The van der Waals surface area contributed by atoms with Crippen LogP contribution >= 0.6 is 0 Å². The van der Waals surface area contributed by atoms with Gasteiger partial charge in [-0.3, -0.25) is 9.89 Å². The number of rotatable bonds is 4. The highest BCUT2D eigenvalue weighted by Crippen LogP contribution is 2.25. The van der Waals surface area contributed by atoms with Crippen LogP contribution in [0, 0.1) is 5.41 Å². The van der Waals surface area contributed by atoms with E-state index in [9.17, 15) is 0 Å². The predicted molar refractivity (Wildman–Crippen MR) is 93.6 cm³/mol. The Kier molecular flexibility index (Phi) is 5.18.